The van der Waals surface area contributed by atoms with Crippen molar-refractivity contribution in [2.75, 3.05) is 6.61 Å². The summed E-state index contributed by atoms with van der Waals surface area (Å²) in [6.07, 6.45) is 1.87. The van der Waals surface area contributed by atoms with Crippen molar-refractivity contribution in [2.45, 2.75) is 39.2 Å². The van der Waals surface area contributed by atoms with Crippen molar-refractivity contribution >= 4 is 17.5 Å². The third-order valence-electron chi connectivity index (χ3n) is 3.58. The van der Waals surface area contributed by atoms with E-state index in [-0.39, 0.29) is 24.4 Å². The highest BCUT2D eigenvalue weighted by atomic mass is 35.5. The standard InChI is InChI=1S/C16H21ClN4O2/c1-3-11(9-10-22)18-16(23)15-19-14(4-2)21(20-15)13-8-6-5-7-12(13)17/h5-8,11,22H,3-4,9-10H2,1-2H3,(H,18,23). The van der Waals surface area contributed by atoms with Gasteiger partial charge in [0, 0.05) is 19.1 Å². The van der Waals surface area contributed by atoms with Gasteiger partial charge < -0.3 is 10.4 Å². The Hall–Kier alpha value is -1.92. The van der Waals surface area contributed by atoms with Crippen molar-refractivity contribution in [1.82, 2.24) is 20.1 Å². The molecule has 1 aromatic carbocycles. The summed E-state index contributed by atoms with van der Waals surface area (Å²) < 4.78 is 1.60. The fourth-order valence-electron chi connectivity index (χ4n) is 2.27. The van der Waals surface area contributed by atoms with Gasteiger partial charge in [-0.05, 0) is 25.0 Å². The zero-order valence-electron chi connectivity index (χ0n) is 13.3. The van der Waals surface area contributed by atoms with E-state index in [9.17, 15) is 4.79 Å². The Morgan fingerprint density at radius 1 is 1.39 bits per heavy atom. The highest BCUT2D eigenvalue weighted by Crippen LogP contribution is 2.20. The Morgan fingerprint density at radius 3 is 2.74 bits per heavy atom. The zero-order chi connectivity index (χ0) is 16.8. The summed E-state index contributed by atoms with van der Waals surface area (Å²) >= 11 is 6.21. The number of nitrogens with zero attached hydrogens (tertiary/aromatic N) is 3. The molecule has 124 valence electrons. The van der Waals surface area contributed by atoms with Crippen LogP contribution in [0.4, 0.5) is 0 Å². The van der Waals surface area contributed by atoms with E-state index < -0.39 is 0 Å². The van der Waals surface area contributed by atoms with Crippen LogP contribution in [0.25, 0.3) is 5.69 Å². The number of nitrogens with one attached hydrogen (secondary N) is 1. The molecule has 1 unspecified atom stereocenters. The first-order chi connectivity index (χ1) is 11.1. The van der Waals surface area contributed by atoms with Crippen LogP contribution in [0.15, 0.2) is 24.3 Å². The van der Waals surface area contributed by atoms with Gasteiger partial charge in [0.25, 0.3) is 5.91 Å². The van der Waals surface area contributed by atoms with Crippen molar-refractivity contribution in [3.63, 3.8) is 0 Å². The molecule has 2 rings (SSSR count). The molecule has 1 atom stereocenters. The Labute approximate surface area is 140 Å². The van der Waals surface area contributed by atoms with E-state index in [2.05, 4.69) is 15.4 Å². The molecule has 1 heterocycles. The van der Waals surface area contributed by atoms with Crippen LogP contribution < -0.4 is 5.32 Å². The highest BCUT2D eigenvalue weighted by molar-refractivity contribution is 6.32. The second-order valence-corrected chi connectivity index (χ2v) is 5.57. The SMILES string of the molecule is CCc1nc(C(=O)NC(CC)CCO)nn1-c1ccccc1Cl. The summed E-state index contributed by atoms with van der Waals surface area (Å²) in [6, 6.07) is 7.20. The molecular weight excluding hydrogens is 316 g/mol. The lowest BCUT2D eigenvalue weighted by molar-refractivity contribution is 0.0918. The molecule has 7 heteroatoms. The maximum atomic E-state index is 12.3. The van der Waals surface area contributed by atoms with Gasteiger partial charge in [0.05, 0.1) is 10.7 Å². The Bertz CT molecular complexity index is 672. The normalized spacial score (nSPS) is 12.2. The number of hydrogen-bond donors (Lipinski definition) is 2. The molecule has 0 spiro atoms. The third-order valence-corrected chi connectivity index (χ3v) is 3.90. The van der Waals surface area contributed by atoms with E-state index in [4.69, 9.17) is 16.7 Å². The van der Waals surface area contributed by atoms with Crippen LogP contribution in [0.5, 0.6) is 0 Å². The quantitative estimate of drug-likeness (QED) is 0.813. The summed E-state index contributed by atoms with van der Waals surface area (Å²) in [5.41, 5.74) is 0.694. The van der Waals surface area contributed by atoms with Gasteiger partial charge in [0.2, 0.25) is 5.82 Å². The van der Waals surface area contributed by atoms with Crippen LogP contribution in [-0.2, 0) is 6.42 Å². The van der Waals surface area contributed by atoms with Gasteiger partial charge in [0.15, 0.2) is 0 Å². The van der Waals surface area contributed by atoms with Gasteiger partial charge in [-0.3, -0.25) is 4.79 Å². The molecule has 0 fully saturated rings. The molecule has 1 aromatic heterocycles. The predicted octanol–water partition coefficient (Wildman–Crippen LogP) is 2.37. The Balaban J connectivity index is 2.28. The number of rotatable bonds is 7. The molecule has 6 nitrogen and oxygen atoms in total. The molecule has 0 radical (unpaired) electrons. The lowest BCUT2D eigenvalue weighted by atomic mass is 10.1. The molecule has 0 aliphatic heterocycles. The minimum absolute atomic E-state index is 0.0283. The lowest BCUT2D eigenvalue weighted by Crippen LogP contribution is -2.35. The number of aliphatic hydroxyl groups is 1. The minimum atomic E-state index is -0.342. The van der Waals surface area contributed by atoms with Gasteiger partial charge in [-0.2, -0.15) is 0 Å². The molecule has 0 aliphatic carbocycles. The number of carbonyl (C=O) groups is 1. The first-order valence-corrected chi connectivity index (χ1v) is 8.11. The van der Waals surface area contributed by atoms with Gasteiger partial charge in [-0.15, -0.1) is 5.10 Å². The van der Waals surface area contributed by atoms with Crippen molar-refractivity contribution < 1.29 is 9.90 Å². The summed E-state index contributed by atoms with van der Waals surface area (Å²) in [7, 11) is 0. The smallest absolute Gasteiger partial charge is 0.291 e. The molecule has 0 bridgehead atoms. The summed E-state index contributed by atoms with van der Waals surface area (Å²) in [5.74, 6) is 0.433. The largest absolute Gasteiger partial charge is 0.396 e. The fourth-order valence-corrected chi connectivity index (χ4v) is 2.49. The van der Waals surface area contributed by atoms with Gasteiger partial charge in [-0.1, -0.05) is 37.6 Å². The van der Waals surface area contributed by atoms with Crippen molar-refractivity contribution in [3.05, 3.63) is 40.9 Å². The van der Waals surface area contributed by atoms with Crippen LogP contribution >= 0.6 is 11.6 Å². The van der Waals surface area contributed by atoms with Crippen molar-refractivity contribution in [1.29, 1.82) is 0 Å². The number of benzene rings is 1. The van der Waals surface area contributed by atoms with E-state index in [1.807, 2.05) is 32.0 Å². The number of aliphatic hydroxyl groups excluding tert-OH is 1. The van der Waals surface area contributed by atoms with Gasteiger partial charge in [-0.25, -0.2) is 9.67 Å². The van der Waals surface area contributed by atoms with Gasteiger partial charge >= 0.3 is 0 Å². The zero-order valence-corrected chi connectivity index (χ0v) is 14.0. The number of aryl methyl sites for hydroxylation is 1. The first kappa shape index (κ1) is 17.4. The number of para-hydroxylation sites is 1. The Kier molecular flexibility index (Phi) is 6.12. The topological polar surface area (TPSA) is 80.0 Å². The second-order valence-electron chi connectivity index (χ2n) is 5.16. The molecule has 2 N–H and O–H groups in total. The van der Waals surface area contributed by atoms with Crippen LogP contribution in [0.2, 0.25) is 5.02 Å². The fraction of sp³-hybridized carbons (Fsp3) is 0.438. The van der Waals surface area contributed by atoms with E-state index in [0.29, 0.717) is 29.4 Å². The summed E-state index contributed by atoms with van der Waals surface area (Å²) in [4.78, 5) is 16.6. The third kappa shape index (κ3) is 4.09. The average molecular weight is 337 g/mol. The first-order valence-electron chi connectivity index (χ1n) is 7.73. The number of halogens is 1. The van der Waals surface area contributed by atoms with Crippen LogP contribution in [-0.4, -0.2) is 38.4 Å². The monoisotopic (exact) mass is 336 g/mol. The van der Waals surface area contributed by atoms with E-state index in [0.717, 1.165) is 6.42 Å². The average Bonchev–Trinajstić information content (AvgIpc) is 2.99. The number of amides is 1. The summed E-state index contributed by atoms with van der Waals surface area (Å²) in [5, 5.41) is 16.7. The maximum absolute atomic E-state index is 12.3. The van der Waals surface area contributed by atoms with Crippen molar-refractivity contribution in [3.8, 4) is 5.69 Å². The Morgan fingerprint density at radius 2 is 2.13 bits per heavy atom. The summed E-state index contributed by atoms with van der Waals surface area (Å²) in [6.45, 7) is 3.92. The van der Waals surface area contributed by atoms with E-state index in [1.54, 1.807) is 10.7 Å². The van der Waals surface area contributed by atoms with Crippen LogP contribution in [0.1, 0.15) is 43.1 Å². The molecule has 2 aromatic rings. The number of hydrogen-bond acceptors (Lipinski definition) is 4. The molecule has 0 saturated heterocycles. The van der Waals surface area contributed by atoms with Gasteiger partial charge in [0.1, 0.15) is 5.82 Å². The van der Waals surface area contributed by atoms with E-state index in [1.165, 1.54) is 0 Å². The maximum Gasteiger partial charge on any atom is 0.291 e. The predicted molar refractivity (Wildman–Crippen MR) is 89.0 cm³/mol. The highest BCUT2D eigenvalue weighted by Gasteiger charge is 2.19. The minimum Gasteiger partial charge on any atom is -0.396 e. The molecule has 0 saturated carbocycles. The second kappa shape index (κ2) is 8.08. The van der Waals surface area contributed by atoms with Crippen LogP contribution in [0, 0.1) is 0 Å². The lowest BCUT2D eigenvalue weighted by Gasteiger charge is -2.13. The molecule has 0 aliphatic rings. The molecular formula is C16H21ClN4O2. The van der Waals surface area contributed by atoms with E-state index >= 15 is 0 Å². The number of aromatic nitrogens is 3. The molecule has 1 amide bonds. The molecule has 23 heavy (non-hydrogen) atoms. The van der Waals surface area contributed by atoms with Crippen LogP contribution in [0.3, 0.4) is 0 Å². The number of carbonyl (C=O) groups excluding carboxylic acids is 1. The van der Waals surface area contributed by atoms with Crippen molar-refractivity contribution in [2.24, 2.45) is 0 Å².